The van der Waals surface area contributed by atoms with E-state index in [9.17, 15) is 4.79 Å². The Hall–Kier alpha value is -2.79. The third kappa shape index (κ3) is 4.94. The number of carbonyl (C=O) groups is 1. The molecule has 9 nitrogen and oxygen atoms in total. The Labute approximate surface area is 195 Å². The van der Waals surface area contributed by atoms with Crippen LogP contribution >= 0.6 is 0 Å². The second kappa shape index (κ2) is 9.22. The van der Waals surface area contributed by atoms with Gasteiger partial charge < -0.3 is 18.8 Å². The zero-order valence-corrected chi connectivity index (χ0v) is 20.3. The number of aryl methyl sites for hydroxylation is 1. The fourth-order valence-corrected chi connectivity index (χ4v) is 3.45. The number of rotatable bonds is 6. The molecule has 2 amide bonds. The third-order valence-electron chi connectivity index (χ3n) is 6.24. The highest BCUT2D eigenvalue weighted by molar-refractivity contribution is 6.62. The second-order valence-electron chi connectivity index (χ2n) is 9.12. The van der Waals surface area contributed by atoms with Crippen molar-refractivity contribution in [3.63, 3.8) is 0 Å². The van der Waals surface area contributed by atoms with Crippen LogP contribution in [-0.2, 0) is 15.9 Å². The number of ether oxygens (including phenoxy) is 2. The van der Waals surface area contributed by atoms with Gasteiger partial charge in [0.2, 0.25) is 0 Å². The average molecular weight is 456 g/mol. The molecule has 1 saturated heterocycles. The first kappa shape index (κ1) is 24.8. The molecule has 0 aliphatic carbocycles. The van der Waals surface area contributed by atoms with Crippen LogP contribution in [0.4, 0.5) is 10.5 Å². The van der Waals surface area contributed by atoms with Crippen molar-refractivity contribution in [2.75, 3.05) is 19.2 Å². The van der Waals surface area contributed by atoms with Crippen molar-refractivity contribution in [1.29, 1.82) is 0 Å². The van der Waals surface area contributed by atoms with E-state index in [1.165, 1.54) is 7.05 Å². The third-order valence-corrected chi connectivity index (χ3v) is 6.24. The number of hydrazine groups is 2. The van der Waals surface area contributed by atoms with Crippen LogP contribution < -0.4 is 31.6 Å². The van der Waals surface area contributed by atoms with Gasteiger partial charge in [0.05, 0.1) is 24.0 Å². The van der Waals surface area contributed by atoms with Gasteiger partial charge in [-0.15, -0.1) is 0 Å². The Bertz CT molecular complexity index is 1010. The van der Waals surface area contributed by atoms with Gasteiger partial charge in [0.25, 0.3) is 0 Å². The monoisotopic (exact) mass is 456 g/mol. The van der Waals surface area contributed by atoms with E-state index in [0.717, 1.165) is 26.6 Å². The minimum atomic E-state index is -0.550. The summed E-state index contributed by atoms with van der Waals surface area (Å²) in [4.78, 5) is 12.3. The summed E-state index contributed by atoms with van der Waals surface area (Å²) >= 11 is 0. The van der Waals surface area contributed by atoms with E-state index in [4.69, 9.17) is 30.5 Å². The minimum Gasteiger partial charge on any atom is -0.493 e. The highest BCUT2D eigenvalue weighted by Gasteiger charge is 2.51. The Kier molecular flexibility index (Phi) is 6.95. The molecular weight excluding hydrogens is 423 g/mol. The van der Waals surface area contributed by atoms with E-state index in [-0.39, 0.29) is 6.61 Å². The molecule has 0 saturated carbocycles. The maximum absolute atomic E-state index is 12.3. The lowest BCUT2D eigenvalue weighted by Gasteiger charge is -2.32. The molecule has 33 heavy (non-hydrogen) atoms. The Morgan fingerprint density at radius 1 is 1.06 bits per heavy atom. The lowest BCUT2D eigenvalue weighted by atomic mass is 9.79. The number of carbonyl (C=O) groups excluding carboxylic acids is 1. The average Bonchev–Trinajstić information content (AvgIpc) is 2.98. The maximum atomic E-state index is 12.3. The van der Waals surface area contributed by atoms with Crippen molar-refractivity contribution >= 4 is 24.3 Å². The summed E-state index contributed by atoms with van der Waals surface area (Å²) in [6, 6.07) is 10.5. The SMILES string of the molecule is COc1cc(B2OC(C)(C)C(C)(C)O2)ccc1OCc1c(C)cccc1N(N)C(=O)N(C)N. The number of anilines is 1. The molecule has 0 atom stereocenters. The molecule has 1 heterocycles. The van der Waals surface area contributed by atoms with Crippen molar-refractivity contribution in [1.82, 2.24) is 5.01 Å². The molecule has 4 N–H and O–H groups in total. The summed E-state index contributed by atoms with van der Waals surface area (Å²) < 4.78 is 23.9. The van der Waals surface area contributed by atoms with Crippen LogP contribution in [0.1, 0.15) is 38.8 Å². The van der Waals surface area contributed by atoms with Gasteiger partial charge in [-0.2, -0.15) is 0 Å². The van der Waals surface area contributed by atoms with Crippen LogP contribution in [0.5, 0.6) is 11.5 Å². The number of hydrogen-bond donors (Lipinski definition) is 2. The van der Waals surface area contributed by atoms with Gasteiger partial charge in [-0.25, -0.2) is 21.5 Å². The predicted octanol–water partition coefficient (Wildman–Crippen LogP) is 2.49. The first-order valence-electron chi connectivity index (χ1n) is 10.7. The van der Waals surface area contributed by atoms with Crippen molar-refractivity contribution < 1.29 is 23.6 Å². The molecule has 0 aromatic heterocycles. The van der Waals surface area contributed by atoms with Gasteiger partial charge in [-0.3, -0.25) is 5.01 Å². The van der Waals surface area contributed by atoms with Gasteiger partial charge in [-0.05, 0) is 63.8 Å². The smallest absolute Gasteiger partial charge is 0.493 e. The first-order chi connectivity index (χ1) is 15.4. The van der Waals surface area contributed by atoms with E-state index in [0.29, 0.717) is 17.2 Å². The van der Waals surface area contributed by atoms with E-state index < -0.39 is 24.4 Å². The van der Waals surface area contributed by atoms with E-state index in [1.807, 2.05) is 65.0 Å². The number of hydrogen-bond acceptors (Lipinski definition) is 7. The molecule has 1 aliphatic heterocycles. The Balaban J connectivity index is 1.83. The second-order valence-corrected chi connectivity index (χ2v) is 9.12. The van der Waals surface area contributed by atoms with Gasteiger partial charge in [-0.1, -0.05) is 18.2 Å². The van der Waals surface area contributed by atoms with Gasteiger partial charge >= 0.3 is 13.1 Å². The van der Waals surface area contributed by atoms with E-state index in [1.54, 1.807) is 13.2 Å². The van der Waals surface area contributed by atoms with E-state index >= 15 is 0 Å². The summed E-state index contributed by atoms with van der Waals surface area (Å²) in [6.45, 7) is 10.1. The maximum Gasteiger partial charge on any atom is 0.494 e. The van der Waals surface area contributed by atoms with Crippen LogP contribution in [0.25, 0.3) is 0 Å². The molecule has 1 fully saturated rings. The molecule has 1 aliphatic rings. The summed E-state index contributed by atoms with van der Waals surface area (Å²) in [5, 5.41) is 1.93. The highest BCUT2D eigenvalue weighted by Crippen LogP contribution is 2.37. The number of nitrogens with zero attached hydrogens (tertiary/aromatic N) is 2. The number of urea groups is 1. The largest absolute Gasteiger partial charge is 0.494 e. The fourth-order valence-electron chi connectivity index (χ4n) is 3.45. The topological polar surface area (TPSA) is 113 Å². The molecular formula is C23H33BN4O5. The van der Waals surface area contributed by atoms with Crippen LogP contribution in [-0.4, -0.2) is 43.5 Å². The highest BCUT2D eigenvalue weighted by atomic mass is 16.7. The molecule has 0 unspecified atom stereocenters. The quantitative estimate of drug-likeness (QED) is 0.297. The van der Waals surface area contributed by atoms with Gasteiger partial charge in [0.15, 0.2) is 11.5 Å². The zero-order chi connectivity index (χ0) is 24.6. The number of nitrogens with two attached hydrogens (primary N) is 2. The minimum absolute atomic E-state index is 0.170. The molecule has 3 rings (SSSR count). The standard InChI is InChI=1S/C23H33BN4O5/c1-15-9-8-10-18(28(26)21(29)27(6)25)17(15)14-31-19-12-11-16(13-20(19)30-7)24-32-22(2,3)23(4,5)33-24/h8-13H,14,25-26H2,1-7H3. The summed E-state index contributed by atoms with van der Waals surface area (Å²) in [5.74, 6) is 12.7. The number of benzene rings is 2. The molecule has 0 spiro atoms. The number of methoxy groups -OCH3 is 1. The van der Waals surface area contributed by atoms with E-state index in [2.05, 4.69) is 0 Å². The molecule has 2 aromatic carbocycles. The van der Waals surface area contributed by atoms with Crippen LogP contribution in [0.3, 0.4) is 0 Å². The van der Waals surface area contributed by atoms with Crippen molar-refractivity contribution in [2.24, 2.45) is 11.7 Å². The molecule has 178 valence electrons. The predicted molar refractivity (Wildman–Crippen MR) is 128 cm³/mol. The molecule has 0 bridgehead atoms. The molecule has 2 aromatic rings. The van der Waals surface area contributed by atoms with Crippen LogP contribution in [0, 0.1) is 6.92 Å². The van der Waals surface area contributed by atoms with Gasteiger partial charge in [0, 0.05) is 12.6 Å². The Morgan fingerprint density at radius 3 is 2.27 bits per heavy atom. The van der Waals surface area contributed by atoms with Crippen LogP contribution in [0.2, 0.25) is 0 Å². The lowest BCUT2D eigenvalue weighted by Crippen LogP contribution is -2.49. The Morgan fingerprint density at radius 2 is 1.70 bits per heavy atom. The zero-order valence-electron chi connectivity index (χ0n) is 20.3. The first-order valence-corrected chi connectivity index (χ1v) is 10.7. The number of amides is 2. The molecule has 0 radical (unpaired) electrons. The summed E-state index contributed by atoms with van der Waals surface area (Å²) in [7, 11) is 2.50. The van der Waals surface area contributed by atoms with Crippen LogP contribution in [0.15, 0.2) is 36.4 Å². The molecule has 10 heteroatoms. The lowest BCUT2D eigenvalue weighted by molar-refractivity contribution is 0.00578. The summed E-state index contributed by atoms with van der Waals surface area (Å²) in [6.07, 6.45) is 0. The summed E-state index contributed by atoms with van der Waals surface area (Å²) in [5.41, 5.74) is 2.13. The fraction of sp³-hybridized carbons (Fsp3) is 0.435. The normalized spacial score (nSPS) is 16.5. The van der Waals surface area contributed by atoms with Gasteiger partial charge in [0.1, 0.15) is 6.61 Å². The van der Waals surface area contributed by atoms with Crippen molar-refractivity contribution in [3.8, 4) is 11.5 Å². The van der Waals surface area contributed by atoms with Crippen molar-refractivity contribution in [3.05, 3.63) is 47.5 Å². The van der Waals surface area contributed by atoms with Crippen molar-refractivity contribution in [2.45, 2.75) is 52.4 Å².